The largest absolute Gasteiger partial charge is 0.474 e. The minimum Gasteiger partial charge on any atom is -0.474 e. The Labute approximate surface area is 229 Å². The van der Waals surface area contributed by atoms with Gasteiger partial charge in [-0.05, 0) is 57.2 Å². The number of fused-ring (bicyclic) bond motifs is 2. The maximum atomic E-state index is 13.3. The number of ether oxygens (including phenoxy) is 2. The highest BCUT2D eigenvalue weighted by atomic mass is 16.5. The fourth-order valence-corrected chi connectivity index (χ4v) is 4.34. The SMILES string of the molecule is C=C(NC(C(=O)Oc1ccc2c(-c3cc4ccccc4oc3=O)cc(=O)oc2c1)c1ccccc1)OC(C)(C)C. The van der Waals surface area contributed by atoms with Crippen LogP contribution in [-0.4, -0.2) is 11.6 Å². The summed E-state index contributed by atoms with van der Waals surface area (Å²) in [5.74, 6) is -0.270. The molecule has 8 nitrogen and oxygen atoms in total. The standard InChI is InChI=1S/C32H27NO7/c1-19(40-32(2,3)4)33-29(20-10-6-5-7-11-20)31(36)37-22-14-15-23-24(18-28(34)38-27(23)17-22)25-16-21-12-8-9-13-26(21)39-30(25)35/h5-18,29,33H,1H2,2-4H3. The van der Waals surface area contributed by atoms with Crippen LogP contribution in [0.25, 0.3) is 33.1 Å². The topological polar surface area (TPSA) is 108 Å². The van der Waals surface area contributed by atoms with Crippen LogP contribution in [0.3, 0.4) is 0 Å². The van der Waals surface area contributed by atoms with Gasteiger partial charge in [0.25, 0.3) is 0 Å². The van der Waals surface area contributed by atoms with Gasteiger partial charge in [-0.2, -0.15) is 0 Å². The lowest BCUT2D eigenvalue weighted by Gasteiger charge is -2.26. The second-order valence-electron chi connectivity index (χ2n) is 10.2. The van der Waals surface area contributed by atoms with Crippen molar-refractivity contribution in [3.05, 3.63) is 124 Å². The van der Waals surface area contributed by atoms with Crippen molar-refractivity contribution < 1.29 is 23.1 Å². The summed E-state index contributed by atoms with van der Waals surface area (Å²) in [7, 11) is 0. The zero-order valence-corrected chi connectivity index (χ0v) is 22.2. The molecule has 0 radical (unpaired) electrons. The molecule has 0 saturated heterocycles. The average molecular weight is 538 g/mol. The third kappa shape index (κ3) is 5.81. The van der Waals surface area contributed by atoms with Gasteiger partial charge in [-0.1, -0.05) is 48.5 Å². The molecule has 5 aromatic rings. The van der Waals surface area contributed by atoms with Crippen LogP contribution in [0.1, 0.15) is 32.4 Å². The minimum absolute atomic E-state index is 0.144. The van der Waals surface area contributed by atoms with E-state index < -0.39 is 28.9 Å². The van der Waals surface area contributed by atoms with E-state index in [2.05, 4.69) is 11.9 Å². The first-order chi connectivity index (χ1) is 19.1. The van der Waals surface area contributed by atoms with Crippen LogP contribution in [0.4, 0.5) is 0 Å². The monoisotopic (exact) mass is 537 g/mol. The van der Waals surface area contributed by atoms with Crippen LogP contribution in [-0.2, 0) is 9.53 Å². The van der Waals surface area contributed by atoms with Gasteiger partial charge in [0.2, 0.25) is 0 Å². The van der Waals surface area contributed by atoms with Crippen molar-refractivity contribution in [1.29, 1.82) is 0 Å². The van der Waals surface area contributed by atoms with E-state index in [0.717, 1.165) is 0 Å². The van der Waals surface area contributed by atoms with Crippen molar-refractivity contribution in [2.45, 2.75) is 32.4 Å². The van der Waals surface area contributed by atoms with Gasteiger partial charge >= 0.3 is 17.2 Å². The number of esters is 1. The number of benzene rings is 3. The number of carbonyl (C=O) groups excluding carboxylic acids is 1. The first kappa shape index (κ1) is 26.5. The molecule has 0 aliphatic carbocycles. The number of carbonyl (C=O) groups is 1. The maximum Gasteiger partial charge on any atom is 0.344 e. The van der Waals surface area contributed by atoms with Gasteiger partial charge in [-0.25, -0.2) is 14.4 Å². The van der Waals surface area contributed by atoms with Crippen molar-refractivity contribution in [3.8, 4) is 16.9 Å². The first-order valence-corrected chi connectivity index (χ1v) is 12.6. The molecule has 0 fully saturated rings. The summed E-state index contributed by atoms with van der Waals surface area (Å²) in [6.07, 6.45) is 0. The molecular weight excluding hydrogens is 510 g/mol. The molecule has 2 aromatic heterocycles. The first-order valence-electron chi connectivity index (χ1n) is 12.6. The smallest absolute Gasteiger partial charge is 0.344 e. The fraction of sp³-hybridized carbons (Fsp3) is 0.156. The Bertz CT molecular complexity index is 1850. The average Bonchev–Trinajstić information content (AvgIpc) is 2.90. The molecular formula is C32H27NO7. The summed E-state index contributed by atoms with van der Waals surface area (Å²) in [5, 5.41) is 4.18. The highest BCUT2D eigenvalue weighted by Crippen LogP contribution is 2.30. The highest BCUT2D eigenvalue weighted by Gasteiger charge is 2.25. The third-order valence-electron chi connectivity index (χ3n) is 5.97. The lowest BCUT2D eigenvalue weighted by atomic mass is 10.0. The molecule has 0 aliphatic heterocycles. The van der Waals surface area contributed by atoms with Crippen molar-refractivity contribution in [3.63, 3.8) is 0 Å². The van der Waals surface area contributed by atoms with Crippen LogP contribution in [0.15, 0.2) is 116 Å². The van der Waals surface area contributed by atoms with Crippen LogP contribution >= 0.6 is 0 Å². The molecule has 1 atom stereocenters. The summed E-state index contributed by atoms with van der Waals surface area (Å²) < 4.78 is 22.3. The number of para-hydroxylation sites is 1. The van der Waals surface area contributed by atoms with E-state index >= 15 is 0 Å². The molecule has 1 unspecified atom stereocenters. The molecule has 202 valence electrons. The summed E-state index contributed by atoms with van der Waals surface area (Å²) in [5.41, 5.74) is 0.0119. The molecule has 0 saturated carbocycles. The normalized spacial score (nSPS) is 12.2. The van der Waals surface area contributed by atoms with Crippen molar-refractivity contribution in [1.82, 2.24) is 5.32 Å². The Morgan fingerprint density at radius 2 is 1.57 bits per heavy atom. The Hall–Kier alpha value is -5.11. The van der Waals surface area contributed by atoms with E-state index in [1.165, 1.54) is 12.1 Å². The van der Waals surface area contributed by atoms with E-state index in [1.54, 1.807) is 54.6 Å². The molecule has 3 aromatic carbocycles. The van der Waals surface area contributed by atoms with Gasteiger partial charge in [-0.15, -0.1) is 0 Å². The molecule has 40 heavy (non-hydrogen) atoms. The molecule has 8 heteroatoms. The van der Waals surface area contributed by atoms with Crippen molar-refractivity contribution in [2.75, 3.05) is 0 Å². The van der Waals surface area contributed by atoms with E-state index in [0.29, 0.717) is 27.5 Å². The van der Waals surface area contributed by atoms with Crippen LogP contribution < -0.4 is 21.3 Å². The summed E-state index contributed by atoms with van der Waals surface area (Å²) in [6.45, 7) is 9.49. The number of rotatable bonds is 7. The number of hydrogen-bond acceptors (Lipinski definition) is 8. The lowest BCUT2D eigenvalue weighted by molar-refractivity contribution is -0.137. The highest BCUT2D eigenvalue weighted by molar-refractivity contribution is 5.95. The van der Waals surface area contributed by atoms with Crippen molar-refractivity contribution >= 4 is 27.9 Å². The van der Waals surface area contributed by atoms with Gasteiger partial charge in [0, 0.05) is 28.5 Å². The lowest BCUT2D eigenvalue weighted by Crippen LogP contribution is -2.34. The molecule has 0 aliphatic rings. The predicted molar refractivity (Wildman–Crippen MR) is 152 cm³/mol. The molecule has 0 spiro atoms. The summed E-state index contributed by atoms with van der Waals surface area (Å²) in [4.78, 5) is 38.6. The predicted octanol–water partition coefficient (Wildman–Crippen LogP) is 6.09. The number of hydrogen-bond donors (Lipinski definition) is 1. The molecule has 0 amide bonds. The van der Waals surface area contributed by atoms with Gasteiger partial charge in [0.15, 0.2) is 11.9 Å². The zero-order valence-electron chi connectivity index (χ0n) is 22.2. The molecule has 5 rings (SSSR count). The fourth-order valence-electron chi connectivity index (χ4n) is 4.34. The maximum absolute atomic E-state index is 13.3. The Morgan fingerprint density at radius 1 is 0.850 bits per heavy atom. The van der Waals surface area contributed by atoms with Crippen molar-refractivity contribution in [2.24, 2.45) is 0 Å². The number of nitrogens with one attached hydrogen (secondary N) is 1. The van der Waals surface area contributed by atoms with Gasteiger partial charge < -0.3 is 23.6 Å². The van der Waals surface area contributed by atoms with E-state index in [1.807, 2.05) is 39.0 Å². The van der Waals surface area contributed by atoms with Crippen LogP contribution in [0.2, 0.25) is 0 Å². The molecule has 2 heterocycles. The van der Waals surface area contributed by atoms with E-state index in [4.69, 9.17) is 18.3 Å². The molecule has 1 N–H and O–H groups in total. The summed E-state index contributed by atoms with van der Waals surface area (Å²) in [6, 6.07) is 22.7. The van der Waals surface area contributed by atoms with E-state index in [-0.39, 0.29) is 22.8 Å². The zero-order chi connectivity index (χ0) is 28.4. The second kappa shape index (κ2) is 10.6. The molecule has 0 bridgehead atoms. The van der Waals surface area contributed by atoms with Crippen LogP contribution in [0, 0.1) is 0 Å². The minimum atomic E-state index is -0.924. The van der Waals surface area contributed by atoms with Gasteiger partial charge in [-0.3, -0.25) is 0 Å². The van der Waals surface area contributed by atoms with Gasteiger partial charge in [0.1, 0.15) is 22.5 Å². The van der Waals surface area contributed by atoms with Gasteiger partial charge in [0.05, 0.1) is 5.56 Å². The van der Waals surface area contributed by atoms with E-state index in [9.17, 15) is 14.4 Å². The Kier molecular flexibility index (Phi) is 7.00. The third-order valence-corrected chi connectivity index (χ3v) is 5.97. The van der Waals surface area contributed by atoms with Crippen LogP contribution in [0.5, 0.6) is 5.75 Å². The second-order valence-corrected chi connectivity index (χ2v) is 10.2. The Balaban J connectivity index is 1.49. The summed E-state index contributed by atoms with van der Waals surface area (Å²) >= 11 is 0. The quantitative estimate of drug-likeness (QED) is 0.115. The Morgan fingerprint density at radius 3 is 2.33 bits per heavy atom.